The molecule has 3 fully saturated rings. The quantitative estimate of drug-likeness (QED) is 0.780. The zero-order valence-corrected chi connectivity index (χ0v) is 12.1. The van der Waals surface area contributed by atoms with Crippen LogP contribution in [0.3, 0.4) is 0 Å². The summed E-state index contributed by atoms with van der Waals surface area (Å²) in [4.78, 5) is 0. The van der Waals surface area contributed by atoms with E-state index in [1.165, 1.54) is 45.1 Å². The number of hydrogen-bond donors (Lipinski definition) is 1. The molecule has 3 rings (SSSR count). The average molecular weight is 235 g/mol. The van der Waals surface area contributed by atoms with Gasteiger partial charge < -0.3 is 5.32 Å². The van der Waals surface area contributed by atoms with Crippen molar-refractivity contribution >= 4 is 0 Å². The Balaban J connectivity index is 1.69. The molecule has 3 atom stereocenters. The molecule has 0 aromatic rings. The van der Waals surface area contributed by atoms with Gasteiger partial charge >= 0.3 is 0 Å². The summed E-state index contributed by atoms with van der Waals surface area (Å²) in [5.41, 5.74) is 1.73. The fourth-order valence-electron chi connectivity index (χ4n) is 5.12. The molecule has 0 aromatic heterocycles. The average Bonchev–Trinajstić information content (AvgIpc) is 2.66. The molecule has 1 nitrogen and oxygen atoms in total. The molecule has 3 unspecified atom stereocenters. The maximum atomic E-state index is 3.99. The first kappa shape index (κ1) is 12.0. The van der Waals surface area contributed by atoms with E-state index in [2.05, 4.69) is 33.0 Å². The van der Waals surface area contributed by atoms with Gasteiger partial charge in [-0.05, 0) is 54.3 Å². The van der Waals surface area contributed by atoms with E-state index < -0.39 is 0 Å². The molecule has 17 heavy (non-hydrogen) atoms. The lowest BCUT2D eigenvalue weighted by Crippen LogP contribution is -2.53. The highest BCUT2D eigenvalue weighted by Gasteiger charge is 2.59. The summed E-state index contributed by atoms with van der Waals surface area (Å²) in [5.74, 6) is 0.971. The van der Waals surface area contributed by atoms with Gasteiger partial charge in [0.25, 0.3) is 0 Å². The second-order valence-electron chi connectivity index (χ2n) is 8.39. The van der Waals surface area contributed by atoms with Gasteiger partial charge in [-0.3, -0.25) is 0 Å². The molecular formula is C16H29N. The van der Waals surface area contributed by atoms with E-state index in [-0.39, 0.29) is 0 Å². The topological polar surface area (TPSA) is 12.0 Å². The Hall–Kier alpha value is -0.0400. The van der Waals surface area contributed by atoms with Crippen molar-refractivity contribution in [3.05, 3.63) is 0 Å². The summed E-state index contributed by atoms with van der Waals surface area (Å²) in [5, 5.41) is 3.99. The molecule has 0 aliphatic heterocycles. The summed E-state index contributed by atoms with van der Waals surface area (Å²) in [6.45, 7) is 11.3. The van der Waals surface area contributed by atoms with Crippen LogP contribution in [0.25, 0.3) is 0 Å². The van der Waals surface area contributed by atoms with Crippen LogP contribution in [0.15, 0.2) is 0 Å². The van der Waals surface area contributed by atoms with Crippen LogP contribution in [-0.2, 0) is 0 Å². The molecule has 0 aromatic carbocycles. The van der Waals surface area contributed by atoms with Crippen molar-refractivity contribution < 1.29 is 0 Å². The molecule has 0 radical (unpaired) electrons. The Morgan fingerprint density at radius 1 is 1.06 bits per heavy atom. The highest BCUT2D eigenvalue weighted by molar-refractivity contribution is 5.12. The monoisotopic (exact) mass is 235 g/mol. The zero-order chi connectivity index (χ0) is 12.3. The van der Waals surface area contributed by atoms with Crippen LogP contribution in [0.1, 0.15) is 66.2 Å². The van der Waals surface area contributed by atoms with Gasteiger partial charge in [0.2, 0.25) is 0 Å². The van der Waals surface area contributed by atoms with E-state index in [4.69, 9.17) is 0 Å². The Kier molecular flexibility index (Phi) is 2.47. The molecule has 0 amide bonds. The molecule has 0 spiro atoms. The fraction of sp³-hybridized carbons (Fsp3) is 1.00. The SMILES string of the molecule is CC1(CNC2C3(C)CCC(C3)C2(C)C)CCC1. The number of fused-ring (bicyclic) bond motifs is 2. The second-order valence-corrected chi connectivity index (χ2v) is 8.39. The third-order valence-corrected chi connectivity index (χ3v) is 6.56. The van der Waals surface area contributed by atoms with Crippen LogP contribution in [0.4, 0.5) is 0 Å². The molecule has 3 aliphatic rings. The Bertz CT molecular complexity index is 311. The summed E-state index contributed by atoms with van der Waals surface area (Å²) in [6.07, 6.45) is 8.72. The minimum atomic E-state index is 0.521. The summed E-state index contributed by atoms with van der Waals surface area (Å²) >= 11 is 0. The van der Waals surface area contributed by atoms with E-state index in [0.29, 0.717) is 16.2 Å². The van der Waals surface area contributed by atoms with Gasteiger partial charge in [0.15, 0.2) is 0 Å². The van der Waals surface area contributed by atoms with E-state index in [1.54, 1.807) is 0 Å². The van der Waals surface area contributed by atoms with Crippen LogP contribution >= 0.6 is 0 Å². The minimum Gasteiger partial charge on any atom is -0.312 e. The number of nitrogens with one attached hydrogen (secondary N) is 1. The first-order chi connectivity index (χ1) is 7.86. The highest BCUT2D eigenvalue weighted by atomic mass is 15.0. The van der Waals surface area contributed by atoms with Crippen LogP contribution in [0.5, 0.6) is 0 Å². The van der Waals surface area contributed by atoms with Crippen molar-refractivity contribution in [1.29, 1.82) is 0 Å². The van der Waals surface area contributed by atoms with Crippen molar-refractivity contribution in [2.75, 3.05) is 6.54 Å². The van der Waals surface area contributed by atoms with Gasteiger partial charge in [-0.2, -0.15) is 0 Å². The molecule has 1 heteroatoms. The lowest BCUT2D eigenvalue weighted by molar-refractivity contribution is 0.0766. The first-order valence-corrected chi connectivity index (χ1v) is 7.59. The van der Waals surface area contributed by atoms with Crippen LogP contribution in [-0.4, -0.2) is 12.6 Å². The van der Waals surface area contributed by atoms with E-state index in [1.807, 2.05) is 0 Å². The van der Waals surface area contributed by atoms with Crippen LogP contribution in [0.2, 0.25) is 0 Å². The third-order valence-electron chi connectivity index (χ3n) is 6.56. The maximum Gasteiger partial charge on any atom is 0.0175 e. The van der Waals surface area contributed by atoms with Crippen molar-refractivity contribution in [2.24, 2.45) is 22.2 Å². The van der Waals surface area contributed by atoms with E-state index >= 15 is 0 Å². The van der Waals surface area contributed by atoms with Gasteiger partial charge in [0.1, 0.15) is 0 Å². The lowest BCUT2D eigenvalue weighted by Gasteiger charge is -2.47. The van der Waals surface area contributed by atoms with Crippen molar-refractivity contribution in [2.45, 2.75) is 72.3 Å². The molecule has 3 aliphatic carbocycles. The van der Waals surface area contributed by atoms with Crippen molar-refractivity contribution in [1.82, 2.24) is 5.32 Å². The maximum absolute atomic E-state index is 3.99. The van der Waals surface area contributed by atoms with Crippen LogP contribution in [0, 0.1) is 22.2 Å². The normalized spacial score (nSPS) is 45.9. The Morgan fingerprint density at radius 2 is 1.76 bits per heavy atom. The molecule has 0 heterocycles. The predicted molar refractivity (Wildman–Crippen MR) is 73.0 cm³/mol. The smallest absolute Gasteiger partial charge is 0.0175 e. The van der Waals surface area contributed by atoms with Gasteiger partial charge in [-0.1, -0.05) is 34.1 Å². The molecule has 2 bridgehead atoms. The predicted octanol–water partition coefficient (Wildman–Crippen LogP) is 3.98. The summed E-state index contributed by atoms with van der Waals surface area (Å²) in [7, 11) is 0. The standard InChI is InChI=1S/C16H29N/c1-14(2)12-6-9-16(4,10-12)13(14)17-11-15(3)7-5-8-15/h12-13,17H,5-11H2,1-4H3. The molecule has 0 saturated heterocycles. The Labute approximate surface area is 107 Å². The largest absolute Gasteiger partial charge is 0.312 e. The highest BCUT2D eigenvalue weighted by Crippen LogP contribution is 2.62. The van der Waals surface area contributed by atoms with Crippen molar-refractivity contribution in [3.63, 3.8) is 0 Å². The van der Waals surface area contributed by atoms with Gasteiger partial charge in [0.05, 0.1) is 0 Å². The van der Waals surface area contributed by atoms with Gasteiger partial charge in [-0.15, -0.1) is 0 Å². The van der Waals surface area contributed by atoms with Crippen LogP contribution < -0.4 is 5.32 Å². The molecule has 98 valence electrons. The summed E-state index contributed by atoms with van der Waals surface area (Å²) < 4.78 is 0. The van der Waals surface area contributed by atoms with E-state index in [0.717, 1.165) is 12.0 Å². The van der Waals surface area contributed by atoms with Gasteiger partial charge in [0, 0.05) is 12.6 Å². The van der Waals surface area contributed by atoms with E-state index in [9.17, 15) is 0 Å². The zero-order valence-electron chi connectivity index (χ0n) is 12.1. The number of hydrogen-bond acceptors (Lipinski definition) is 1. The molecular weight excluding hydrogens is 206 g/mol. The fourth-order valence-corrected chi connectivity index (χ4v) is 5.12. The third kappa shape index (κ3) is 1.69. The molecule has 3 saturated carbocycles. The molecule has 1 N–H and O–H groups in total. The van der Waals surface area contributed by atoms with Gasteiger partial charge in [-0.25, -0.2) is 0 Å². The summed E-state index contributed by atoms with van der Waals surface area (Å²) in [6, 6.07) is 0.756. The lowest BCUT2D eigenvalue weighted by atomic mass is 9.66. The first-order valence-electron chi connectivity index (χ1n) is 7.59. The number of rotatable bonds is 3. The van der Waals surface area contributed by atoms with Crippen molar-refractivity contribution in [3.8, 4) is 0 Å². The minimum absolute atomic E-state index is 0.521. The second kappa shape index (κ2) is 3.50. The Morgan fingerprint density at radius 3 is 2.24 bits per heavy atom.